The molecule has 1 heterocycles. The molecule has 0 aromatic heterocycles. The highest BCUT2D eigenvalue weighted by atomic mass is 35.5. The van der Waals surface area contributed by atoms with E-state index in [9.17, 15) is 9.59 Å². The topological polar surface area (TPSA) is 107 Å². The lowest BCUT2D eigenvalue weighted by atomic mass is 9.77. The minimum atomic E-state index is -0.104. The van der Waals surface area contributed by atoms with Gasteiger partial charge in [-0.1, -0.05) is 34.1 Å². The Bertz CT molecular complexity index is 700. The Hall–Kier alpha value is -2.09. The maximum atomic E-state index is 11.6. The number of oxime groups is 2. The first kappa shape index (κ1) is 28.9. The summed E-state index contributed by atoms with van der Waals surface area (Å²) in [7, 11) is 0. The molecule has 2 aliphatic carbocycles. The molecule has 1 aliphatic heterocycles. The second-order valence-electron chi connectivity index (χ2n) is 8.68. The van der Waals surface area contributed by atoms with Gasteiger partial charge in [-0.25, -0.2) is 0 Å². The number of hydrogen-bond acceptors (Lipinski definition) is 8. The number of halogens is 1. The van der Waals surface area contributed by atoms with Crippen LogP contribution in [-0.2, 0) is 23.9 Å². The Morgan fingerprint density at radius 3 is 1.94 bits per heavy atom. The molecule has 0 radical (unpaired) electrons. The molecule has 2 fully saturated rings. The molecule has 33 heavy (non-hydrogen) atoms. The Balaban J connectivity index is 0.000000283. The van der Waals surface area contributed by atoms with E-state index in [1.807, 2.05) is 20.8 Å². The van der Waals surface area contributed by atoms with Crippen molar-refractivity contribution in [3.8, 4) is 0 Å². The van der Waals surface area contributed by atoms with Crippen LogP contribution in [-0.4, -0.2) is 46.8 Å². The van der Waals surface area contributed by atoms with E-state index in [1.54, 1.807) is 0 Å². The SMILES string of the molecule is C/C(Cl)=N/O.C=C1CCC(C(=O)OCC)CC1.CCOC(=O)C1CCC2(CC1)CC(C)=NO2. The molecular formula is C24H39ClN2O6. The summed E-state index contributed by atoms with van der Waals surface area (Å²) in [4.78, 5) is 28.3. The van der Waals surface area contributed by atoms with Crippen LogP contribution in [0.5, 0.6) is 0 Å². The van der Waals surface area contributed by atoms with Gasteiger partial charge in [-0.15, -0.1) is 0 Å². The van der Waals surface area contributed by atoms with E-state index < -0.39 is 0 Å². The van der Waals surface area contributed by atoms with E-state index in [4.69, 9.17) is 31.1 Å². The number of nitrogens with zero attached hydrogens (tertiary/aromatic N) is 2. The normalized spacial score (nSPS) is 25.0. The number of esters is 2. The molecule has 8 nitrogen and oxygen atoms in total. The molecule has 0 aromatic rings. The van der Waals surface area contributed by atoms with Gasteiger partial charge in [-0.2, -0.15) is 0 Å². The van der Waals surface area contributed by atoms with Gasteiger partial charge in [0.1, 0.15) is 10.8 Å². The Labute approximate surface area is 202 Å². The third-order valence-electron chi connectivity index (χ3n) is 5.94. The van der Waals surface area contributed by atoms with Gasteiger partial charge in [0.15, 0.2) is 0 Å². The van der Waals surface area contributed by atoms with Crippen molar-refractivity contribution >= 4 is 34.4 Å². The van der Waals surface area contributed by atoms with Crippen LogP contribution < -0.4 is 0 Å². The molecule has 0 aromatic carbocycles. The Kier molecular flexibility index (Phi) is 13.1. The maximum Gasteiger partial charge on any atom is 0.308 e. The van der Waals surface area contributed by atoms with E-state index in [1.165, 1.54) is 12.5 Å². The molecule has 9 heteroatoms. The molecular weight excluding hydrogens is 448 g/mol. The minimum absolute atomic E-state index is 0.0231. The van der Waals surface area contributed by atoms with Gasteiger partial charge in [0.05, 0.1) is 30.8 Å². The largest absolute Gasteiger partial charge is 0.466 e. The molecule has 0 amide bonds. The van der Waals surface area contributed by atoms with Crippen LogP contribution >= 0.6 is 11.6 Å². The van der Waals surface area contributed by atoms with Crippen molar-refractivity contribution in [1.29, 1.82) is 0 Å². The zero-order valence-corrected chi connectivity index (χ0v) is 21.2. The third-order valence-corrected chi connectivity index (χ3v) is 6.02. The molecule has 0 saturated heterocycles. The van der Waals surface area contributed by atoms with Crippen LogP contribution in [0.25, 0.3) is 0 Å². The van der Waals surface area contributed by atoms with Gasteiger partial charge in [-0.05, 0) is 79.1 Å². The monoisotopic (exact) mass is 486 g/mol. The van der Waals surface area contributed by atoms with Crippen molar-refractivity contribution in [2.75, 3.05) is 13.2 Å². The van der Waals surface area contributed by atoms with Gasteiger partial charge in [0.2, 0.25) is 0 Å². The number of allylic oxidation sites excluding steroid dienone is 1. The summed E-state index contributed by atoms with van der Waals surface area (Å²) in [5.41, 5.74) is 2.23. The highest BCUT2D eigenvalue weighted by molar-refractivity contribution is 6.64. The predicted octanol–water partition coefficient (Wildman–Crippen LogP) is 5.60. The maximum absolute atomic E-state index is 11.6. The first-order valence-corrected chi connectivity index (χ1v) is 12.1. The zero-order valence-electron chi connectivity index (χ0n) is 20.4. The summed E-state index contributed by atoms with van der Waals surface area (Å²) in [6.45, 7) is 12.0. The molecule has 2 saturated carbocycles. The van der Waals surface area contributed by atoms with Gasteiger partial charge >= 0.3 is 11.9 Å². The highest BCUT2D eigenvalue weighted by Gasteiger charge is 2.43. The average Bonchev–Trinajstić information content (AvgIpc) is 3.15. The van der Waals surface area contributed by atoms with E-state index >= 15 is 0 Å². The van der Waals surface area contributed by atoms with E-state index in [0.717, 1.165) is 63.5 Å². The van der Waals surface area contributed by atoms with E-state index in [2.05, 4.69) is 16.9 Å². The molecule has 3 rings (SSSR count). The molecule has 3 aliphatic rings. The van der Waals surface area contributed by atoms with Crippen LogP contribution in [0.3, 0.4) is 0 Å². The molecule has 1 spiro atoms. The molecule has 0 bridgehead atoms. The lowest BCUT2D eigenvalue weighted by Gasteiger charge is -2.33. The fourth-order valence-corrected chi connectivity index (χ4v) is 4.14. The third kappa shape index (κ3) is 10.6. The standard InChI is InChI=1S/C12H19NO3.C10H16O2.C2H4ClNO/c1-3-15-11(14)10-4-6-12(7-5-10)8-9(2)13-16-12;1-3-12-10(11)9-6-4-8(2)5-7-9;1-2(3)4-5/h10H,3-8H2,1-2H3;9H,2-7H2,1H3;5H,1H3/b;;4-2-. The van der Waals surface area contributed by atoms with Crippen molar-refractivity contribution in [1.82, 2.24) is 0 Å². The Morgan fingerprint density at radius 2 is 1.58 bits per heavy atom. The van der Waals surface area contributed by atoms with Crippen LogP contribution in [0.1, 0.15) is 85.5 Å². The smallest absolute Gasteiger partial charge is 0.308 e. The van der Waals surface area contributed by atoms with Crippen molar-refractivity contribution < 1.29 is 29.1 Å². The van der Waals surface area contributed by atoms with Gasteiger partial charge < -0.3 is 19.5 Å². The average molecular weight is 487 g/mol. The molecule has 188 valence electrons. The minimum Gasteiger partial charge on any atom is -0.466 e. The van der Waals surface area contributed by atoms with E-state index in [0.29, 0.717) is 13.2 Å². The second-order valence-corrected chi connectivity index (χ2v) is 9.22. The summed E-state index contributed by atoms with van der Waals surface area (Å²) in [6, 6.07) is 0. The highest BCUT2D eigenvalue weighted by Crippen LogP contribution is 2.40. The fourth-order valence-electron chi connectivity index (χ4n) is 4.14. The van der Waals surface area contributed by atoms with Crippen molar-refractivity contribution in [2.24, 2.45) is 22.1 Å². The molecule has 0 atom stereocenters. The second kappa shape index (κ2) is 14.9. The van der Waals surface area contributed by atoms with E-state index in [-0.39, 0.29) is 34.5 Å². The quantitative estimate of drug-likeness (QED) is 0.182. The number of carbonyl (C=O) groups excluding carboxylic acids is 2. The van der Waals surface area contributed by atoms with Gasteiger partial charge in [-0.3, -0.25) is 9.59 Å². The van der Waals surface area contributed by atoms with Crippen LogP contribution in [0.15, 0.2) is 22.5 Å². The van der Waals surface area contributed by atoms with Gasteiger partial charge in [0, 0.05) is 6.42 Å². The first-order chi connectivity index (χ1) is 15.7. The molecule has 0 unspecified atom stereocenters. The zero-order chi connectivity index (χ0) is 24.9. The number of carbonyl (C=O) groups is 2. The first-order valence-electron chi connectivity index (χ1n) is 11.7. The summed E-state index contributed by atoms with van der Waals surface area (Å²) in [5, 5.41) is 14.3. The summed E-state index contributed by atoms with van der Waals surface area (Å²) >= 11 is 4.96. The van der Waals surface area contributed by atoms with Crippen LogP contribution in [0.4, 0.5) is 0 Å². The summed E-state index contributed by atoms with van der Waals surface area (Å²) in [5.74, 6) is 0.128. The lowest BCUT2D eigenvalue weighted by Crippen LogP contribution is -2.36. The Morgan fingerprint density at radius 1 is 1.12 bits per heavy atom. The lowest BCUT2D eigenvalue weighted by molar-refractivity contribution is -0.152. The van der Waals surface area contributed by atoms with Crippen molar-refractivity contribution in [3.05, 3.63) is 12.2 Å². The van der Waals surface area contributed by atoms with Crippen LogP contribution in [0.2, 0.25) is 0 Å². The van der Waals surface area contributed by atoms with Gasteiger partial charge in [0.25, 0.3) is 0 Å². The summed E-state index contributed by atoms with van der Waals surface area (Å²) < 4.78 is 9.99. The number of rotatable bonds is 4. The van der Waals surface area contributed by atoms with Crippen molar-refractivity contribution in [3.63, 3.8) is 0 Å². The number of ether oxygens (including phenoxy) is 2. The predicted molar refractivity (Wildman–Crippen MR) is 129 cm³/mol. The molecule has 1 N–H and O–H groups in total. The fraction of sp³-hybridized carbons (Fsp3) is 0.750. The van der Waals surface area contributed by atoms with Crippen molar-refractivity contribution in [2.45, 2.75) is 91.1 Å². The van der Waals surface area contributed by atoms with Crippen LogP contribution in [0, 0.1) is 11.8 Å². The summed E-state index contributed by atoms with van der Waals surface area (Å²) in [6.07, 6.45) is 8.31. The number of hydrogen-bond donors (Lipinski definition) is 1.